The zero-order chi connectivity index (χ0) is 17.7. The van der Waals surface area contributed by atoms with Crippen LogP contribution in [0.1, 0.15) is 32.6 Å². The van der Waals surface area contributed by atoms with Crippen molar-refractivity contribution in [2.24, 2.45) is 0 Å². The maximum absolute atomic E-state index is 12.1. The van der Waals surface area contributed by atoms with Gasteiger partial charge >= 0.3 is 0 Å². The number of benzene rings is 1. The van der Waals surface area contributed by atoms with Gasteiger partial charge in [-0.25, -0.2) is 0 Å². The van der Waals surface area contributed by atoms with Crippen LogP contribution >= 0.6 is 0 Å². The number of carbonyl (C=O) groups is 2. The second-order valence-corrected chi connectivity index (χ2v) is 6.37. The molecule has 6 heteroatoms. The standard InChI is InChI=1S/C18H25N3O3/c1-12(2)19-17(22)10-21(4)11-18(23)20-13(3)16-9-14-7-5-6-8-15(14)24-16/h5-9,12-13H,10-11H2,1-4H3,(H,19,22)(H,20,23)/t13-/m1/s1. The summed E-state index contributed by atoms with van der Waals surface area (Å²) in [6.07, 6.45) is 0. The van der Waals surface area contributed by atoms with Crippen molar-refractivity contribution in [1.29, 1.82) is 0 Å². The van der Waals surface area contributed by atoms with Gasteiger partial charge in [-0.3, -0.25) is 14.5 Å². The summed E-state index contributed by atoms with van der Waals surface area (Å²) >= 11 is 0. The zero-order valence-electron chi connectivity index (χ0n) is 14.6. The molecule has 0 fully saturated rings. The van der Waals surface area contributed by atoms with Crippen LogP contribution < -0.4 is 10.6 Å². The number of hydrogen-bond acceptors (Lipinski definition) is 4. The van der Waals surface area contributed by atoms with Gasteiger partial charge in [0.1, 0.15) is 11.3 Å². The first-order valence-electron chi connectivity index (χ1n) is 8.11. The minimum Gasteiger partial charge on any atom is -0.459 e. The molecule has 0 spiro atoms. The van der Waals surface area contributed by atoms with Gasteiger partial charge < -0.3 is 15.1 Å². The molecule has 6 nitrogen and oxygen atoms in total. The lowest BCUT2D eigenvalue weighted by Crippen LogP contribution is -2.42. The lowest BCUT2D eigenvalue weighted by Gasteiger charge is -2.18. The number of furan rings is 1. The third-order valence-corrected chi connectivity index (χ3v) is 3.53. The number of hydrogen-bond donors (Lipinski definition) is 2. The predicted octanol–water partition coefficient (Wildman–Crippen LogP) is 2.07. The van der Waals surface area contributed by atoms with E-state index in [0.29, 0.717) is 5.76 Å². The van der Waals surface area contributed by atoms with Crippen LogP contribution in [-0.4, -0.2) is 42.9 Å². The Morgan fingerprint density at radius 1 is 1.08 bits per heavy atom. The highest BCUT2D eigenvalue weighted by atomic mass is 16.3. The highest BCUT2D eigenvalue weighted by molar-refractivity contribution is 5.82. The molecule has 2 N–H and O–H groups in total. The van der Waals surface area contributed by atoms with Crippen molar-refractivity contribution < 1.29 is 14.0 Å². The quantitative estimate of drug-likeness (QED) is 0.814. The fourth-order valence-corrected chi connectivity index (χ4v) is 2.49. The van der Waals surface area contributed by atoms with Gasteiger partial charge in [-0.2, -0.15) is 0 Å². The molecule has 1 aromatic heterocycles. The van der Waals surface area contributed by atoms with Crippen LogP contribution in [0, 0.1) is 0 Å². The highest BCUT2D eigenvalue weighted by Crippen LogP contribution is 2.23. The average Bonchev–Trinajstić information content (AvgIpc) is 2.89. The number of amides is 2. The molecule has 0 aliphatic carbocycles. The van der Waals surface area contributed by atoms with Gasteiger partial charge in [-0.15, -0.1) is 0 Å². The van der Waals surface area contributed by atoms with E-state index < -0.39 is 0 Å². The summed E-state index contributed by atoms with van der Waals surface area (Å²) in [5.74, 6) is 0.471. The lowest BCUT2D eigenvalue weighted by molar-refractivity contribution is -0.125. The van der Waals surface area contributed by atoms with E-state index in [4.69, 9.17) is 4.42 Å². The summed E-state index contributed by atoms with van der Waals surface area (Å²) in [4.78, 5) is 25.5. The van der Waals surface area contributed by atoms with Crippen molar-refractivity contribution in [3.05, 3.63) is 36.1 Å². The SMILES string of the molecule is CC(C)NC(=O)CN(C)CC(=O)N[C@H](C)c1cc2ccccc2o1. The number of nitrogens with one attached hydrogen (secondary N) is 2. The Hall–Kier alpha value is -2.34. The van der Waals surface area contributed by atoms with E-state index >= 15 is 0 Å². The summed E-state index contributed by atoms with van der Waals surface area (Å²) in [6, 6.07) is 9.51. The van der Waals surface area contributed by atoms with Gasteiger partial charge in [0.15, 0.2) is 0 Å². The van der Waals surface area contributed by atoms with Crippen molar-refractivity contribution in [1.82, 2.24) is 15.5 Å². The summed E-state index contributed by atoms with van der Waals surface area (Å²) in [5.41, 5.74) is 0.802. The number of fused-ring (bicyclic) bond motifs is 1. The Balaban J connectivity index is 1.85. The van der Waals surface area contributed by atoms with Crippen molar-refractivity contribution in [2.45, 2.75) is 32.9 Å². The van der Waals surface area contributed by atoms with Gasteiger partial charge in [0.25, 0.3) is 0 Å². The second kappa shape index (κ2) is 7.97. The van der Waals surface area contributed by atoms with Crippen molar-refractivity contribution in [3.8, 4) is 0 Å². The van der Waals surface area contributed by atoms with Gasteiger partial charge in [-0.05, 0) is 40.0 Å². The molecule has 0 unspecified atom stereocenters. The van der Waals surface area contributed by atoms with Crippen LogP contribution in [0.4, 0.5) is 0 Å². The fourth-order valence-electron chi connectivity index (χ4n) is 2.49. The highest BCUT2D eigenvalue weighted by Gasteiger charge is 2.16. The maximum atomic E-state index is 12.1. The molecule has 0 radical (unpaired) electrons. The summed E-state index contributed by atoms with van der Waals surface area (Å²) in [6.45, 7) is 6.01. The second-order valence-electron chi connectivity index (χ2n) is 6.37. The Morgan fingerprint density at radius 3 is 2.33 bits per heavy atom. The number of para-hydroxylation sites is 1. The Labute approximate surface area is 142 Å². The van der Waals surface area contributed by atoms with Gasteiger partial charge in [0.2, 0.25) is 11.8 Å². The third-order valence-electron chi connectivity index (χ3n) is 3.53. The largest absolute Gasteiger partial charge is 0.459 e. The average molecular weight is 331 g/mol. The van der Waals surface area contributed by atoms with E-state index in [1.54, 1.807) is 11.9 Å². The van der Waals surface area contributed by atoms with Gasteiger partial charge in [0.05, 0.1) is 19.1 Å². The third kappa shape index (κ3) is 5.09. The fraction of sp³-hybridized carbons (Fsp3) is 0.444. The van der Waals surface area contributed by atoms with Crippen molar-refractivity contribution in [2.75, 3.05) is 20.1 Å². The first-order chi connectivity index (χ1) is 11.3. The smallest absolute Gasteiger partial charge is 0.234 e. The summed E-state index contributed by atoms with van der Waals surface area (Å²) < 4.78 is 5.75. The maximum Gasteiger partial charge on any atom is 0.234 e. The van der Waals surface area contributed by atoms with Crippen LogP contribution in [0.25, 0.3) is 11.0 Å². The Bertz CT molecular complexity index is 675. The van der Waals surface area contributed by atoms with E-state index in [2.05, 4.69) is 10.6 Å². The van der Waals surface area contributed by atoms with Crippen molar-refractivity contribution >= 4 is 22.8 Å². The molecule has 2 amide bonds. The van der Waals surface area contributed by atoms with Crippen molar-refractivity contribution in [3.63, 3.8) is 0 Å². The van der Waals surface area contributed by atoms with E-state index in [1.807, 2.05) is 51.1 Å². The molecule has 2 aromatic rings. The van der Waals surface area contributed by atoms with Gasteiger partial charge in [0, 0.05) is 11.4 Å². The molecular formula is C18H25N3O3. The van der Waals surface area contributed by atoms with Crippen LogP contribution in [0.2, 0.25) is 0 Å². The lowest BCUT2D eigenvalue weighted by atomic mass is 10.2. The van der Waals surface area contributed by atoms with E-state index in [9.17, 15) is 9.59 Å². The molecular weight excluding hydrogens is 306 g/mol. The molecule has 0 saturated carbocycles. The summed E-state index contributed by atoms with van der Waals surface area (Å²) in [7, 11) is 1.74. The van der Waals surface area contributed by atoms with Gasteiger partial charge in [-0.1, -0.05) is 18.2 Å². The Morgan fingerprint density at radius 2 is 1.71 bits per heavy atom. The minimum absolute atomic E-state index is 0.0906. The topological polar surface area (TPSA) is 74.6 Å². The normalized spacial score (nSPS) is 12.6. The van der Waals surface area contributed by atoms with E-state index in [1.165, 1.54) is 0 Å². The number of nitrogens with zero attached hydrogens (tertiary/aromatic N) is 1. The molecule has 1 aromatic carbocycles. The zero-order valence-corrected chi connectivity index (χ0v) is 14.6. The molecule has 0 aliphatic heterocycles. The molecule has 1 heterocycles. The Kier molecular flexibility index (Phi) is 5.98. The first-order valence-corrected chi connectivity index (χ1v) is 8.11. The molecule has 0 aliphatic rings. The number of rotatable bonds is 7. The minimum atomic E-state index is -0.234. The van der Waals surface area contributed by atoms with E-state index in [0.717, 1.165) is 11.0 Å². The van der Waals surface area contributed by atoms with Crippen LogP contribution in [0.3, 0.4) is 0 Å². The molecule has 0 saturated heterocycles. The monoisotopic (exact) mass is 331 g/mol. The van der Waals surface area contributed by atoms with Crippen LogP contribution in [0.15, 0.2) is 34.7 Å². The molecule has 130 valence electrons. The molecule has 1 atom stereocenters. The number of carbonyl (C=O) groups excluding carboxylic acids is 2. The molecule has 24 heavy (non-hydrogen) atoms. The number of likely N-dealkylation sites (N-methyl/N-ethyl adjacent to an activating group) is 1. The predicted molar refractivity (Wildman–Crippen MR) is 93.5 cm³/mol. The first kappa shape index (κ1) is 18.0. The molecule has 2 rings (SSSR count). The van der Waals surface area contributed by atoms with Crippen LogP contribution in [-0.2, 0) is 9.59 Å². The van der Waals surface area contributed by atoms with E-state index in [-0.39, 0.29) is 37.0 Å². The molecule has 0 bridgehead atoms. The summed E-state index contributed by atoms with van der Waals surface area (Å²) in [5, 5.41) is 6.71. The van der Waals surface area contributed by atoms with Crippen LogP contribution in [0.5, 0.6) is 0 Å².